The monoisotopic (exact) mass is 466 g/mol. The highest BCUT2D eigenvalue weighted by molar-refractivity contribution is 5.64. The molecule has 190 valence electrons. The standard InChI is InChI=1S/C32H50O2/c1-5-9-13-27(11-7-3)23-25-33-31-19-15-29(16-20-31)30-17-21-32(22-18-30)34-26-24-28(12-8-4)14-10-6-2/h15-22,27-28H,5-14,23-26H2,1-4H3. The van der Waals surface area contributed by atoms with Crippen LogP contribution in [-0.2, 0) is 0 Å². The highest BCUT2D eigenvalue weighted by Gasteiger charge is 2.09. The first-order valence-electron chi connectivity index (χ1n) is 14.2. The molecule has 0 bridgehead atoms. The molecule has 0 radical (unpaired) electrons. The fourth-order valence-corrected chi connectivity index (χ4v) is 4.84. The molecule has 0 amide bonds. The normalized spacial score (nSPS) is 12.9. The predicted octanol–water partition coefficient (Wildman–Crippen LogP) is 10.1. The number of hydrogen-bond acceptors (Lipinski definition) is 2. The van der Waals surface area contributed by atoms with Gasteiger partial charge in [0.15, 0.2) is 0 Å². The van der Waals surface area contributed by atoms with Crippen molar-refractivity contribution >= 4 is 0 Å². The van der Waals surface area contributed by atoms with Crippen molar-refractivity contribution in [2.75, 3.05) is 13.2 Å². The van der Waals surface area contributed by atoms with E-state index in [1.165, 1.54) is 75.3 Å². The van der Waals surface area contributed by atoms with Gasteiger partial charge in [-0.3, -0.25) is 0 Å². The van der Waals surface area contributed by atoms with Crippen LogP contribution in [0, 0.1) is 11.8 Å². The SMILES string of the molecule is CCCCC(CCC)CCOc1ccc(-c2ccc(OCCC(CCC)CCCC)cc2)cc1. The topological polar surface area (TPSA) is 18.5 Å². The average molecular weight is 467 g/mol. The second-order valence-corrected chi connectivity index (χ2v) is 9.92. The molecule has 0 aliphatic rings. The lowest BCUT2D eigenvalue weighted by Crippen LogP contribution is -2.07. The Balaban J connectivity index is 1.78. The minimum absolute atomic E-state index is 0.804. The van der Waals surface area contributed by atoms with Crippen LogP contribution < -0.4 is 9.47 Å². The van der Waals surface area contributed by atoms with Gasteiger partial charge in [0.2, 0.25) is 0 Å². The molecular weight excluding hydrogens is 416 g/mol. The molecule has 0 saturated carbocycles. The minimum atomic E-state index is 0.804. The van der Waals surface area contributed by atoms with Gasteiger partial charge in [-0.15, -0.1) is 0 Å². The van der Waals surface area contributed by atoms with Crippen molar-refractivity contribution < 1.29 is 9.47 Å². The number of unbranched alkanes of at least 4 members (excludes halogenated alkanes) is 2. The van der Waals surface area contributed by atoms with Gasteiger partial charge in [0.25, 0.3) is 0 Å². The second kappa shape index (κ2) is 17.5. The molecule has 0 aliphatic heterocycles. The summed E-state index contributed by atoms with van der Waals surface area (Å²) in [6.07, 6.45) is 15.4. The van der Waals surface area contributed by atoms with Gasteiger partial charge in [0, 0.05) is 0 Å². The van der Waals surface area contributed by atoms with E-state index >= 15 is 0 Å². The summed E-state index contributed by atoms with van der Waals surface area (Å²) in [6.45, 7) is 10.8. The lowest BCUT2D eigenvalue weighted by Gasteiger charge is -2.16. The third-order valence-electron chi connectivity index (χ3n) is 6.96. The van der Waals surface area contributed by atoms with E-state index in [0.29, 0.717) is 0 Å². The van der Waals surface area contributed by atoms with Crippen molar-refractivity contribution in [3.05, 3.63) is 48.5 Å². The lowest BCUT2D eigenvalue weighted by molar-refractivity contribution is 0.262. The molecule has 0 saturated heterocycles. The molecule has 0 fully saturated rings. The minimum Gasteiger partial charge on any atom is -0.494 e. The zero-order valence-electron chi connectivity index (χ0n) is 22.5. The first-order valence-corrected chi connectivity index (χ1v) is 14.2. The molecule has 2 aromatic rings. The van der Waals surface area contributed by atoms with Crippen molar-refractivity contribution in [1.29, 1.82) is 0 Å². The number of rotatable bonds is 19. The Kier molecular flexibility index (Phi) is 14.5. The maximum Gasteiger partial charge on any atom is 0.119 e. The fraction of sp³-hybridized carbons (Fsp3) is 0.625. The van der Waals surface area contributed by atoms with Crippen LogP contribution in [0.4, 0.5) is 0 Å². The molecule has 2 heteroatoms. The molecule has 34 heavy (non-hydrogen) atoms. The van der Waals surface area contributed by atoms with Gasteiger partial charge in [0.05, 0.1) is 13.2 Å². The molecule has 2 unspecified atom stereocenters. The van der Waals surface area contributed by atoms with Crippen LogP contribution in [0.15, 0.2) is 48.5 Å². The molecule has 0 heterocycles. The first kappa shape index (κ1) is 28.3. The molecule has 2 rings (SSSR count). The van der Waals surface area contributed by atoms with Crippen molar-refractivity contribution in [1.82, 2.24) is 0 Å². The summed E-state index contributed by atoms with van der Waals surface area (Å²) < 4.78 is 12.1. The van der Waals surface area contributed by atoms with Gasteiger partial charge in [0.1, 0.15) is 11.5 Å². The summed E-state index contributed by atoms with van der Waals surface area (Å²) in [5.41, 5.74) is 2.43. The van der Waals surface area contributed by atoms with Crippen molar-refractivity contribution in [3.63, 3.8) is 0 Å². The maximum atomic E-state index is 6.06. The Bertz CT molecular complexity index is 669. The molecule has 0 N–H and O–H groups in total. The second-order valence-electron chi connectivity index (χ2n) is 9.92. The molecule has 2 atom stereocenters. The average Bonchev–Trinajstić information content (AvgIpc) is 2.86. The van der Waals surface area contributed by atoms with Gasteiger partial charge in [-0.05, 0) is 60.1 Å². The molecule has 2 nitrogen and oxygen atoms in total. The Labute approximate surface area is 210 Å². The Hall–Kier alpha value is -1.96. The van der Waals surface area contributed by atoms with Crippen LogP contribution in [-0.4, -0.2) is 13.2 Å². The highest BCUT2D eigenvalue weighted by Crippen LogP contribution is 2.26. The largest absolute Gasteiger partial charge is 0.494 e. The summed E-state index contributed by atoms with van der Waals surface area (Å²) in [6, 6.07) is 17.1. The van der Waals surface area contributed by atoms with Crippen LogP contribution in [0.25, 0.3) is 11.1 Å². The summed E-state index contributed by atoms with van der Waals surface area (Å²) in [5, 5.41) is 0. The Morgan fingerprint density at radius 3 is 1.18 bits per heavy atom. The van der Waals surface area contributed by atoms with E-state index in [9.17, 15) is 0 Å². The summed E-state index contributed by atoms with van der Waals surface area (Å²) in [4.78, 5) is 0. The van der Waals surface area contributed by atoms with E-state index in [1.54, 1.807) is 0 Å². The third-order valence-corrected chi connectivity index (χ3v) is 6.96. The van der Waals surface area contributed by atoms with E-state index in [0.717, 1.165) is 49.4 Å². The van der Waals surface area contributed by atoms with E-state index in [4.69, 9.17) is 9.47 Å². The Morgan fingerprint density at radius 1 is 0.471 bits per heavy atom. The smallest absolute Gasteiger partial charge is 0.119 e. The lowest BCUT2D eigenvalue weighted by atomic mass is 9.94. The molecule has 0 aromatic heterocycles. The number of hydrogen-bond donors (Lipinski definition) is 0. The number of benzene rings is 2. The van der Waals surface area contributed by atoms with E-state index in [1.807, 2.05) is 0 Å². The molecule has 0 aliphatic carbocycles. The van der Waals surface area contributed by atoms with Crippen molar-refractivity contribution in [2.24, 2.45) is 11.8 Å². The molecule has 0 spiro atoms. The summed E-state index contributed by atoms with van der Waals surface area (Å²) >= 11 is 0. The quantitative estimate of drug-likeness (QED) is 0.205. The summed E-state index contributed by atoms with van der Waals surface area (Å²) in [7, 11) is 0. The summed E-state index contributed by atoms with van der Waals surface area (Å²) in [5.74, 6) is 3.55. The van der Waals surface area contributed by atoms with Crippen LogP contribution in [0.2, 0.25) is 0 Å². The zero-order chi connectivity index (χ0) is 24.4. The first-order chi connectivity index (χ1) is 16.7. The van der Waals surface area contributed by atoms with Gasteiger partial charge < -0.3 is 9.47 Å². The predicted molar refractivity (Wildman–Crippen MR) is 148 cm³/mol. The number of ether oxygens (including phenoxy) is 2. The van der Waals surface area contributed by atoms with E-state index in [-0.39, 0.29) is 0 Å². The van der Waals surface area contributed by atoms with Gasteiger partial charge in [-0.2, -0.15) is 0 Å². The van der Waals surface area contributed by atoms with Gasteiger partial charge >= 0.3 is 0 Å². The maximum absolute atomic E-state index is 6.06. The fourth-order valence-electron chi connectivity index (χ4n) is 4.84. The molecule has 2 aromatic carbocycles. The van der Waals surface area contributed by atoms with Crippen LogP contribution in [0.3, 0.4) is 0 Å². The van der Waals surface area contributed by atoms with E-state index in [2.05, 4.69) is 76.2 Å². The van der Waals surface area contributed by atoms with E-state index < -0.39 is 0 Å². The van der Waals surface area contributed by atoms with Crippen molar-refractivity contribution in [3.8, 4) is 22.6 Å². The van der Waals surface area contributed by atoms with Gasteiger partial charge in [-0.25, -0.2) is 0 Å². The van der Waals surface area contributed by atoms with Crippen LogP contribution >= 0.6 is 0 Å². The Morgan fingerprint density at radius 2 is 0.853 bits per heavy atom. The van der Waals surface area contributed by atoms with Gasteiger partial charge in [-0.1, -0.05) is 116 Å². The third kappa shape index (κ3) is 11.0. The van der Waals surface area contributed by atoms with Crippen molar-refractivity contribution in [2.45, 2.75) is 105 Å². The van der Waals surface area contributed by atoms with Crippen LogP contribution in [0.5, 0.6) is 11.5 Å². The zero-order valence-corrected chi connectivity index (χ0v) is 22.5. The van der Waals surface area contributed by atoms with Crippen LogP contribution in [0.1, 0.15) is 105 Å². The molecular formula is C32H50O2. The highest BCUT2D eigenvalue weighted by atomic mass is 16.5.